The van der Waals surface area contributed by atoms with Gasteiger partial charge in [0.2, 0.25) is 0 Å². The van der Waals surface area contributed by atoms with Crippen LogP contribution in [0.2, 0.25) is 0 Å². The lowest BCUT2D eigenvalue weighted by Crippen LogP contribution is -2.08. The monoisotopic (exact) mass is 424 g/mol. The van der Waals surface area contributed by atoms with E-state index in [2.05, 4.69) is 6.92 Å². The second-order valence-corrected chi connectivity index (χ2v) is 8.57. The summed E-state index contributed by atoms with van der Waals surface area (Å²) in [6, 6.07) is 8.95. The Bertz CT molecular complexity index is 852. The van der Waals surface area contributed by atoms with Gasteiger partial charge in [0.05, 0.1) is 0 Å². The standard InChI is InChI=1S/C21H29O7P/c1-5-6-16-11-17(7-8-19(16)27-12-26-4)21(22)20-14(2)9-18(10-15(20)3)28-13-29(23,24)25/h7-11,21-22H,5-6,12-13H2,1-4H3,(H2,23,24,25). The van der Waals surface area contributed by atoms with Gasteiger partial charge in [0.1, 0.15) is 17.6 Å². The first kappa shape index (κ1) is 23.4. The third-order valence-electron chi connectivity index (χ3n) is 4.49. The quantitative estimate of drug-likeness (QED) is 0.393. The average Bonchev–Trinajstić information content (AvgIpc) is 2.64. The number of benzene rings is 2. The van der Waals surface area contributed by atoms with Gasteiger partial charge in [-0.1, -0.05) is 19.4 Å². The Hall–Kier alpha value is -1.89. The number of aliphatic hydroxyl groups is 1. The topological polar surface area (TPSA) is 105 Å². The van der Waals surface area contributed by atoms with Gasteiger partial charge in [0.25, 0.3) is 0 Å². The molecule has 0 aliphatic rings. The Balaban J connectivity index is 2.32. The number of methoxy groups -OCH3 is 1. The van der Waals surface area contributed by atoms with Gasteiger partial charge in [-0.25, -0.2) is 0 Å². The van der Waals surface area contributed by atoms with E-state index < -0.39 is 20.0 Å². The highest BCUT2D eigenvalue weighted by atomic mass is 31.2. The lowest BCUT2D eigenvalue weighted by atomic mass is 9.91. The normalized spacial score (nSPS) is 12.7. The van der Waals surface area contributed by atoms with Crippen LogP contribution in [0.5, 0.6) is 11.5 Å². The molecule has 2 aromatic carbocycles. The fourth-order valence-corrected chi connectivity index (χ4v) is 3.59. The fraction of sp³-hybridized carbons (Fsp3) is 0.429. The molecule has 2 aromatic rings. The molecule has 160 valence electrons. The summed E-state index contributed by atoms with van der Waals surface area (Å²) in [6.45, 7) is 5.90. The fourth-order valence-electron chi connectivity index (χ4n) is 3.27. The maximum atomic E-state index is 11.0. The SMILES string of the molecule is CCCc1cc(C(O)c2c(C)cc(OCP(=O)(O)O)cc2C)ccc1OCOC. The first-order valence-corrected chi connectivity index (χ1v) is 11.2. The van der Waals surface area contributed by atoms with Crippen LogP contribution >= 0.6 is 7.60 Å². The zero-order valence-corrected chi connectivity index (χ0v) is 18.1. The largest absolute Gasteiger partial charge is 0.481 e. The van der Waals surface area contributed by atoms with Crippen molar-refractivity contribution in [3.63, 3.8) is 0 Å². The van der Waals surface area contributed by atoms with E-state index in [1.807, 2.05) is 32.0 Å². The van der Waals surface area contributed by atoms with E-state index in [-0.39, 0.29) is 6.79 Å². The molecule has 0 aliphatic carbocycles. The second-order valence-electron chi connectivity index (χ2n) is 6.98. The third kappa shape index (κ3) is 6.56. The van der Waals surface area contributed by atoms with Crippen LogP contribution in [0.3, 0.4) is 0 Å². The van der Waals surface area contributed by atoms with E-state index in [1.165, 1.54) is 0 Å². The Labute approximate surface area is 171 Å². The van der Waals surface area contributed by atoms with Crippen LogP contribution in [-0.2, 0) is 15.7 Å². The lowest BCUT2D eigenvalue weighted by Gasteiger charge is -2.20. The molecule has 0 heterocycles. The molecule has 0 saturated heterocycles. The molecule has 0 radical (unpaired) electrons. The summed E-state index contributed by atoms with van der Waals surface area (Å²) in [5, 5.41) is 11.0. The maximum absolute atomic E-state index is 11.0. The molecular weight excluding hydrogens is 395 g/mol. The van der Waals surface area contributed by atoms with Crippen molar-refractivity contribution in [1.29, 1.82) is 0 Å². The van der Waals surface area contributed by atoms with Gasteiger partial charge < -0.3 is 29.1 Å². The first-order valence-electron chi connectivity index (χ1n) is 9.37. The summed E-state index contributed by atoms with van der Waals surface area (Å²) in [5.74, 6) is 1.09. The van der Waals surface area contributed by atoms with E-state index in [9.17, 15) is 9.67 Å². The van der Waals surface area contributed by atoms with Crippen LogP contribution in [0.1, 0.15) is 47.3 Å². The third-order valence-corrected chi connectivity index (χ3v) is 4.96. The molecule has 0 spiro atoms. The number of rotatable bonds is 10. The molecule has 2 rings (SSSR count). The maximum Gasteiger partial charge on any atom is 0.362 e. The summed E-state index contributed by atoms with van der Waals surface area (Å²) in [5.41, 5.74) is 4.03. The minimum absolute atomic E-state index is 0.160. The lowest BCUT2D eigenvalue weighted by molar-refractivity contribution is 0.0504. The zero-order valence-electron chi connectivity index (χ0n) is 17.2. The van der Waals surface area contributed by atoms with Crippen molar-refractivity contribution in [2.24, 2.45) is 0 Å². The Morgan fingerprint density at radius 3 is 2.28 bits per heavy atom. The Morgan fingerprint density at radius 2 is 1.72 bits per heavy atom. The van der Waals surface area contributed by atoms with Crippen molar-refractivity contribution in [2.45, 2.75) is 39.7 Å². The number of ether oxygens (including phenoxy) is 3. The molecule has 0 bridgehead atoms. The van der Waals surface area contributed by atoms with Crippen LogP contribution in [-0.4, -0.2) is 35.1 Å². The van der Waals surface area contributed by atoms with Crippen LogP contribution in [0, 0.1) is 13.8 Å². The minimum atomic E-state index is -4.26. The van der Waals surface area contributed by atoms with Gasteiger partial charge in [-0.15, -0.1) is 0 Å². The van der Waals surface area contributed by atoms with Crippen LogP contribution < -0.4 is 9.47 Å². The van der Waals surface area contributed by atoms with Gasteiger partial charge in [-0.05, 0) is 72.4 Å². The van der Waals surface area contributed by atoms with Crippen LogP contribution in [0.4, 0.5) is 0 Å². The summed E-state index contributed by atoms with van der Waals surface area (Å²) >= 11 is 0. The molecule has 0 fully saturated rings. The van der Waals surface area contributed by atoms with Gasteiger partial charge in [-0.3, -0.25) is 4.57 Å². The smallest absolute Gasteiger partial charge is 0.362 e. The highest BCUT2D eigenvalue weighted by Crippen LogP contribution is 2.37. The molecule has 3 N–H and O–H groups in total. The molecule has 8 heteroatoms. The van der Waals surface area contributed by atoms with Crippen molar-refractivity contribution in [3.8, 4) is 11.5 Å². The molecule has 0 saturated carbocycles. The van der Waals surface area contributed by atoms with E-state index in [1.54, 1.807) is 19.2 Å². The number of hydrogen-bond acceptors (Lipinski definition) is 5. The molecule has 1 atom stereocenters. The summed E-state index contributed by atoms with van der Waals surface area (Å²) in [4.78, 5) is 18.0. The van der Waals surface area contributed by atoms with E-state index >= 15 is 0 Å². The van der Waals surface area contributed by atoms with Gasteiger partial charge in [0, 0.05) is 7.11 Å². The average molecular weight is 424 g/mol. The van der Waals surface area contributed by atoms with Crippen LogP contribution in [0.25, 0.3) is 0 Å². The van der Waals surface area contributed by atoms with Gasteiger partial charge >= 0.3 is 7.60 Å². The highest BCUT2D eigenvalue weighted by molar-refractivity contribution is 7.51. The predicted octanol–water partition coefficient (Wildman–Crippen LogP) is 3.83. The molecule has 0 amide bonds. The Kier molecular flexibility index (Phi) is 8.25. The van der Waals surface area contributed by atoms with Crippen molar-refractivity contribution in [2.75, 3.05) is 20.3 Å². The van der Waals surface area contributed by atoms with E-state index in [0.717, 1.165) is 46.4 Å². The number of aliphatic hydroxyl groups excluding tert-OH is 1. The molecule has 7 nitrogen and oxygen atoms in total. The molecule has 0 aliphatic heterocycles. The summed E-state index contributed by atoms with van der Waals surface area (Å²) in [6.07, 6.45) is 0.217. The minimum Gasteiger partial charge on any atom is -0.481 e. The van der Waals surface area contributed by atoms with Gasteiger partial charge in [0.15, 0.2) is 13.1 Å². The molecular formula is C21H29O7P. The summed E-state index contributed by atoms with van der Waals surface area (Å²) < 4.78 is 26.8. The molecule has 0 aromatic heterocycles. The van der Waals surface area contributed by atoms with Gasteiger partial charge in [-0.2, -0.15) is 0 Å². The number of hydrogen-bond donors (Lipinski definition) is 3. The van der Waals surface area contributed by atoms with Crippen LogP contribution in [0.15, 0.2) is 30.3 Å². The number of aryl methyl sites for hydroxylation is 3. The van der Waals surface area contributed by atoms with Crippen molar-refractivity contribution < 1.29 is 33.7 Å². The first-order chi connectivity index (χ1) is 13.7. The zero-order chi connectivity index (χ0) is 21.6. The van der Waals surface area contributed by atoms with E-state index in [0.29, 0.717) is 5.75 Å². The van der Waals surface area contributed by atoms with Crippen molar-refractivity contribution in [1.82, 2.24) is 0 Å². The summed E-state index contributed by atoms with van der Waals surface area (Å²) in [7, 11) is -2.69. The predicted molar refractivity (Wildman–Crippen MR) is 110 cm³/mol. The highest BCUT2D eigenvalue weighted by Gasteiger charge is 2.20. The molecule has 1 unspecified atom stereocenters. The van der Waals surface area contributed by atoms with Crippen molar-refractivity contribution >= 4 is 7.60 Å². The van der Waals surface area contributed by atoms with Crippen molar-refractivity contribution in [3.05, 3.63) is 58.1 Å². The second kappa shape index (κ2) is 10.2. The Morgan fingerprint density at radius 1 is 1.07 bits per heavy atom. The molecule has 29 heavy (non-hydrogen) atoms. The van der Waals surface area contributed by atoms with E-state index in [4.69, 9.17) is 24.0 Å².